The van der Waals surface area contributed by atoms with E-state index in [1.807, 2.05) is 6.92 Å². The third-order valence-electron chi connectivity index (χ3n) is 1.88. The monoisotopic (exact) mass is 176 g/mol. The van der Waals surface area contributed by atoms with Crippen LogP contribution in [-0.2, 0) is 0 Å². The lowest BCUT2D eigenvalue weighted by Crippen LogP contribution is -1.89. The summed E-state index contributed by atoms with van der Waals surface area (Å²) in [6, 6.07) is 1.43. The molecule has 2 rings (SSSR count). The van der Waals surface area contributed by atoms with Crippen molar-refractivity contribution in [2.45, 2.75) is 6.92 Å². The molecule has 0 bridgehead atoms. The zero-order valence-corrected chi connectivity index (χ0v) is 7.29. The normalized spacial score (nSPS) is 10.6. The zero-order chi connectivity index (χ0) is 9.42. The minimum Gasteiger partial charge on any atom is -0.304 e. The molecule has 2 aromatic heterocycles. The van der Waals surface area contributed by atoms with E-state index in [-0.39, 0.29) is 5.82 Å². The second-order valence-electron chi connectivity index (χ2n) is 2.94. The van der Waals surface area contributed by atoms with E-state index >= 15 is 0 Å². The molecule has 0 saturated heterocycles. The van der Waals surface area contributed by atoms with E-state index in [4.69, 9.17) is 0 Å². The molecular formula is C10H9FN2. The van der Waals surface area contributed by atoms with Crippen LogP contribution in [0.15, 0.2) is 25.0 Å². The van der Waals surface area contributed by atoms with E-state index in [1.165, 1.54) is 6.07 Å². The number of fused-ring (bicyclic) bond motifs is 1. The van der Waals surface area contributed by atoms with Crippen molar-refractivity contribution in [3.05, 3.63) is 42.1 Å². The number of pyridine rings is 1. The van der Waals surface area contributed by atoms with Gasteiger partial charge in [-0.1, -0.05) is 12.7 Å². The van der Waals surface area contributed by atoms with Gasteiger partial charge in [0.1, 0.15) is 0 Å². The molecule has 2 nitrogen and oxygen atoms in total. The van der Waals surface area contributed by atoms with Crippen molar-refractivity contribution in [3.63, 3.8) is 0 Å². The topological polar surface area (TPSA) is 17.3 Å². The fraction of sp³-hybridized carbons (Fsp3) is 0.100. The molecular weight excluding hydrogens is 167 g/mol. The highest BCUT2D eigenvalue weighted by atomic mass is 19.1. The second kappa shape index (κ2) is 2.69. The van der Waals surface area contributed by atoms with Crippen LogP contribution in [0.25, 0.3) is 11.7 Å². The first-order valence-corrected chi connectivity index (χ1v) is 3.98. The van der Waals surface area contributed by atoms with Crippen molar-refractivity contribution >= 4 is 11.7 Å². The van der Waals surface area contributed by atoms with Crippen molar-refractivity contribution in [1.82, 2.24) is 9.38 Å². The molecule has 0 unspecified atom stereocenters. The Morgan fingerprint density at radius 2 is 2.31 bits per heavy atom. The van der Waals surface area contributed by atoms with E-state index in [9.17, 15) is 4.39 Å². The van der Waals surface area contributed by atoms with Gasteiger partial charge in [0.2, 0.25) is 0 Å². The lowest BCUT2D eigenvalue weighted by atomic mass is 10.3. The molecule has 0 saturated carbocycles. The Bertz CT molecular complexity index is 471. The number of imidazole rings is 1. The van der Waals surface area contributed by atoms with Gasteiger partial charge in [0.25, 0.3) is 0 Å². The maximum absolute atomic E-state index is 13.3. The molecule has 0 fully saturated rings. The fourth-order valence-electron chi connectivity index (χ4n) is 1.31. The maximum atomic E-state index is 13.3. The Kier molecular flexibility index (Phi) is 1.65. The maximum Gasteiger partial charge on any atom is 0.173 e. The molecule has 66 valence electrons. The molecule has 2 aromatic rings. The molecule has 0 aliphatic heterocycles. The lowest BCUT2D eigenvalue weighted by molar-refractivity contribution is 0.629. The minimum absolute atomic E-state index is 0.314. The first-order chi connectivity index (χ1) is 6.20. The summed E-state index contributed by atoms with van der Waals surface area (Å²) < 4.78 is 15.0. The molecule has 2 heterocycles. The van der Waals surface area contributed by atoms with Crippen molar-refractivity contribution in [2.75, 3.05) is 0 Å². The predicted octanol–water partition coefficient (Wildman–Crippen LogP) is 2.42. The Morgan fingerprint density at radius 3 is 3.00 bits per heavy atom. The number of hydrogen-bond acceptors (Lipinski definition) is 1. The van der Waals surface area contributed by atoms with Gasteiger partial charge in [-0.3, -0.25) is 0 Å². The summed E-state index contributed by atoms with van der Waals surface area (Å²) in [5.41, 5.74) is 1.92. The molecule has 3 heteroatoms. The Morgan fingerprint density at radius 1 is 1.54 bits per heavy atom. The largest absolute Gasteiger partial charge is 0.304 e. The van der Waals surface area contributed by atoms with Crippen LogP contribution in [0, 0.1) is 12.7 Å². The quantitative estimate of drug-likeness (QED) is 0.652. The van der Waals surface area contributed by atoms with Crippen LogP contribution in [0.1, 0.15) is 11.3 Å². The van der Waals surface area contributed by atoms with E-state index in [2.05, 4.69) is 11.6 Å². The summed E-state index contributed by atoms with van der Waals surface area (Å²) in [6.07, 6.45) is 5.19. The van der Waals surface area contributed by atoms with E-state index in [0.717, 1.165) is 11.3 Å². The highest BCUT2D eigenvalue weighted by Crippen LogP contribution is 2.12. The van der Waals surface area contributed by atoms with Crippen LogP contribution in [0.2, 0.25) is 0 Å². The number of aryl methyl sites for hydroxylation is 1. The van der Waals surface area contributed by atoms with Gasteiger partial charge in [0.15, 0.2) is 11.5 Å². The van der Waals surface area contributed by atoms with Crippen LogP contribution in [-0.4, -0.2) is 9.38 Å². The smallest absolute Gasteiger partial charge is 0.173 e. The summed E-state index contributed by atoms with van der Waals surface area (Å²) in [7, 11) is 0. The average Bonchev–Trinajstić information content (AvgIpc) is 2.46. The van der Waals surface area contributed by atoms with Gasteiger partial charge < -0.3 is 4.40 Å². The van der Waals surface area contributed by atoms with Crippen molar-refractivity contribution in [3.8, 4) is 0 Å². The van der Waals surface area contributed by atoms with Crippen LogP contribution < -0.4 is 0 Å². The zero-order valence-electron chi connectivity index (χ0n) is 7.29. The summed E-state index contributed by atoms with van der Waals surface area (Å²) in [5.74, 6) is -0.314. The standard InChI is InChI=1S/C10H9FN2/c1-3-8-4-9(11)10-12-7(2)5-13(10)6-8/h3-6H,1H2,2H3. The number of aromatic nitrogens is 2. The van der Waals surface area contributed by atoms with Crippen molar-refractivity contribution in [1.29, 1.82) is 0 Å². The van der Waals surface area contributed by atoms with E-state index in [1.54, 1.807) is 22.9 Å². The summed E-state index contributed by atoms with van der Waals surface area (Å²) >= 11 is 0. The minimum atomic E-state index is -0.314. The SMILES string of the molecule is C=Cc1cc(F)c2nc(C)cn2c1. The molecule has 13 heavy (non-hydrogen) atoms. The van der Waals surface area contributed by atoms with Crippen LogP contribution >= 0.6 is 0 Å². The van der Waals surface area contributed by atoms with Gasteiger partial charge in [0.05, 0.1) is 5.69 Å². The molecule has 0 atom stereocenters. The van der Waals surface area contributed by atoms with Crippen molar-refractivity contribution in [2.24, 2.45) is 0 Å². The second-order valence-corrected chi connectivity index (χ2v) is 2.94. The molecule has 0 aliphatic carbocycles. The van der Waals surface area contributed by atoms with Gasteiger partial charge in [-0.25, -0.2) is 9.37 Å². The lowest BCUT2D eigenvalue weighted by Gasteiger charge is -1.97. The predicted molar refractivity (Wildman–Crippen MR) is 50.0 cm³/mol. The Hall–Kier alpha value is -1.64. The highest BCUT2D eigenvalue weighted by molar-refractivity contribution is 5.52. The number of rotatable bonds is 1. The third-order valence-corrected chi connectivity index (χ3v) is 1.88. The average molecular weight is 176 g/mol. The highest BCUT2D eigenvalue weighted by Gasteiger charge is 2.04. The summed E-state index contributed by atoms with van der Waals surface area (Å²) in [6.45, 7) is 5.42. The summed E-state index contributed by atoms with van der Waals surface area (Å²) in [5, 5.41) is 0. The Balaban J connectivity index is 2.82. The first kappa shape index (κ1) is 7.98. The van der Waals surface area contributed by atoms with Crippen LogP contribution in [0.4, 0.5) is 4.39 Å². The van der Waals surface area contributed by atoms with E-state index in [0.29, 0.717) is 5.65 Å². The van der Waals surface area contributed by atoms with Crippen LogP contribution in [0.5, 0.6) is 0 Å². The molecule has 0 spiro atoms. The number of halogens is 1. The number of hydrogen-bond donors (Lipinski definition) is 0. The molecule has 0 radical (unpaired) electrons. The Labute approximate surface area is 75.3 Å². The fourth-order valence-corrected chi connectivity index (χ4v) is 1.31. The molecule has 0 amide bonds. The van der Waals surface area contributed by atoms with Gasteiger partial charge >= 0.3 is 0 Å². The van der Waals surface area contributed by atoms with Gasteiger partial charge in [0, 0.05) is 12.4 Å². The molecule has 0 N–H and O–H groups in total. The third kappa shape index (κ3) is 1.22. The van der Waals surface area contributed by atoms with E-state index < -0.39 is 0 Å². The number of nitrogens with zero attached hydrogens (tertiary/aromatic N) is 2. The molecule has 0 aromatic carbocycles. The van der Waals surface area contributed by atoms with Gasteiger partial charge in [-0.05, 0) is 18.6 Å². The van der Waals surface area contributed by atoms with Crippen molar-refractivity contribution < 1.29 is 4.39 Å². The first-order valence-electron chi connectivity index (χ1n) is 3.98. The molecule has 0 aliphatic rings. The summed E-state index contributed by atoms with van der Waals surface area (Å²) in [4.78, 5) is 4.04. The van der Waals surface area contributed by atoms with Gasteiger partial charge in [-0.15, -0.1) is 0 Å². The van der Waals surface area contributed by atoms with Crippen LogP contribution in [0.3, 0.4) is 0 Å². The van der Waals surface area contributed by atoms with Gasteiger partial charge in [-0.2, -0.15) is 0 Å².